The first-order chi connectivity index (χ1) is 9.92. The van der Waals surface area contributed by atoms with Crippen LogP contribution in [0.25, 0.3) is 0 Å². The van der Waals surface area contributed by atoms with Crippen molar-refractivity contribution in [2.24, 2.45) is 0 Å². The highest BCUT2D eigenvalue weighted by molar-refractivity contribution is 5.26. The highest BCUT2D eigenvalue weighted by Crippen LogP contribution is 2.20. The van der Waals surface area contributed by atoms with Crippen LogP contribution < -0.4 is 5.32 Å². The minimum atomic E-state index is 0.306. The van der Waals surface area contributed by atoms with Gasteiger partial charge in [-0.1, -0.05) is 24.3 Å². The Labute approximate surface area is 121 Å². The maximum absolute atomic E-state index is 5.87. The summed E-state index contributed by atoms with van der Waals surface area (Å²) >= 11 is 0. The van der Waals surface area contributed by atoms with E-state index in [9.17, 15) is 0 Å². The van der Waals surface area contributed by atoms with Gasteiger partial charge in [0.1, 0.15) is 0 Å². The third kappa shape index (κ3) is 4.30. The summed E-state index contributed by atoms with van der Waals surface area (Å²) in [6.45, 7) is 3.28. The van der Waals surface area contributed by atoms with Crippen molar-refractivity contribution in [3.05, 3.63) is 35.4 Å². The van der Waals surface area contributed by atoms with Crippen LogP contribution in [0.3, 0.4) is 0 Å². The molecule has 1 aliphatic carbocycles. The van der Waals surface area contributed by atoms with Crippen LogP contribution in [-0.2, 0) is 22.6 Å². The number of benzene rings is 1. The van der Waals surface area contributed by atoms with Crippen LogP contribution in [-0.4, -0.2) is 25.4 Å². The van der Waals surface area contributed by atoms with E-state index in [4.69, 9.17) is 9.47 Å². The standard InChI is InChI=1S/C17H25NO2/c1-2-6-15(14(5-1)11-18-16-8-9-16)12-19-13-17-7-3-4-10-20-17/h1-2,5-6,16-18H,3-4,7-13H2. The molecule has 0 amide bonds. The summed E-state index contributed by atoms with van der Waals surface area (Å²) in [6, 6.07) is 9.32. The summed E-state index contributed by atoms with van der Waals surface area (Å²) in [5, 5.41) is 3.57. The molecule has 3 heteroatoms. The monoisotopic (exact) mass is 275 g/mol. The van der Waals surface area contributed by atoms with E-state index in [1.165, 1.54) is 36.8 Å². The maximum atomic E-state index is 5.87. The van der Waals surface area contributed by atoms with Crippen molar-refractivity contribution in [1.29, 1.82) is 0 Å². The molecule has 0 aromatic heterocycles. The molecule has 1 atom stereocenters. The van der Waals surface area contributed by atoms with E-state index in [1.54, 1.807) is 0 Å². The van der Waals surface area contributed by atoms with E-state index in [1.807, 2.05) is 0 Å². The van der Waals surface area contributed by atoms with Gasteiger partial charge in [-0.2, -0.15) is 0 Å². The fourth-order valence-corrected chi connectivity index (χ4v) is 2.65. The summed E-state index contributed by atoms with van der Waals surface area (Å²) in [6.07, 6.45) is 6.59. The van der Waals surface area contributed by atoms with Gasteiger partial charge in [0.25, 0.3) is 0 Å². The number of hydrogen-bond acceptors (Lipinski definition) is 3. The highest BCUT2D eigenvalue weighted by Gasteiger charge is 2.20. The Bertz CT molecular complexity index is 411. The molecule has 2 aliphatic rings. The van der Waals surface area contributed by atoms with E-state index >= 15 is 0 Å². The Morgan fingerprint density at radius 1 is 1.10 bits per heavy atom. The number of rotatable bonds is 7. The van der Waals surface area contributed by atoms with Crippen LogP contribution in [0.2, 0.25) is 0 Å². The number of hydrogen-bond donors (Lipinski definition) is 1. The van der Waals surface area contributed by atoms with Crippen LogP contribution in [0.4, 0.5) is 0 Å². The van der Waals surface area contributed by atoms with Crippen molar-refractivity contribution in [3.8, 4) is 0 Å². The summed E-state index contributed by atoms with van der Waals surface area (Å²) in [5.41, 5.74) is 2.67. The molecular weight excluding hydrogens is 250 g/mol. The average molecular weight is 275 g/mol. The van der Waals surface area contributed by atoms with E-state index in [2.05, 4.69) is 29.6 Å². The minimum Gasteiger partial charge on any atom is -0.376 e. The van der Waals surface area contributed by atoms with E-state index in [0.29, 0.717) is 12.7 Å². The quantitative estimate of drug-likeness (QED) is 0.829. The van der Waals surface area contributed by atoms with Crippen molar-refractivity contribution < 1.29 is 9.47 Å². The third-order valence-corrected chi connectivity index (χ3v) is 4.11. The lowest BCUT2D eigenvalue weighted by molar-refractivity contribution is -0.0448. The van der Waals surface area contributed by atoms with E-state index in [0.717, 1.165) is 32.2 Å². The zero-order valence-corrected chi connectivity index (χ0v) is 12.1. The molecule has 3 rings (SSSR count). The largest absolute Gasteiger partial charge is 0.376 e. The lowest BCUT2D eigenvalue weighted by atomic mass is 10.1. The van der Waals surface area contributed by atoms with Gasteiger partial charge in [0.05, 0.1) is 19.3 Å². The summed E-state index contributed by atoms with van der Waals surface area (Å²) in [4.78, 5) is 0. The number of nitrogens with one attached hydrogen (secondary N) is 1. The van der Waals surface area contributed by atoms with Gasteiger partial charge >= 0.3 is 0 Å². The van der Waals surface area contributed by atoms with Gasteiger partial charge in [-0.3, -0.25) is 0 Å². The molecular formula is C17H25NO2. The third-order valence-electron chi connectivity index (χ3n) is 4.11. The smallest absolute Gasteiger partial charge is 0.0808 e. The Balaban J connectivity index is 1.45. The fourth-order valence-electron chi connectivity index (χ4n) is 2.65. The Hall–Kier alpha value is -0.900. The van der Waals surface area contributed by atoms with Gasteiger partial charge in [0, 0.05) is 19.2 Å². The molecule has 2 fully saturated rings. The molecule has 0 spiro atoms. The van der Waals surface area contributed by atoms with E-state index in [-0.39, 0.29) is 0 Å². The second kappa shape index (κ2) is 7.21. The van der Waals surface area contributed by atoms with Crippen molar-refractivity contribution in [3.63, 3.8) is 0 Å². The van der Waals surface area contributed by atoms with Crippen LogP contribution in [0, 0.1) is 0 Å². The Kier molecular flexibility index (Phi) is 5.06. The first-order valence-electron chi connectivity index (χ1n) is 7.91. The second-order valence-electron chi connectivity index (χ2n) is 5.93. The first kappa shape index (κ1) is 14.1. The van der Waals surface area contributed by atoms with E-state index < -0.39 is 0 Å². The fraction of sp³-hybridized carbons (Fsp3) is 0.647. The molecule has 1 aromatic carbocycles. The first-order valence-corrected chi connectivity index (χ1v) is 7.91. The second-order valence-corrected chi connectivity index (χ2v) is 5.93. The van der Waals surface area contributed by atoms with Crippen molar-refractivity contribution >= 4 is 0 Å². The van der Waals surface area contributed by atoms with Crippen molar-refractivity contribution in [2.45, 2.75) is 57.4 Å². The predicted octanol–water partition coefficient (Wildman–Crippen LogP) is 3.02. The van der Waals surface area contributed by atoms with Gasteiger partial charge in [-0.05, 0) is 43.2 Å². The zero-order chi connectivity index (χ0) is 13.6. The van der Waals surface area contributed by atoms with Gasteiger partial charge < -0.3 is 14.8 Å². The Morgan fingerprint density at radius 2 is 1.95 bits per heavy atom. The molecule has 1 aliphatic heterocycles. The molecule has 1 saturated heterocycles. The molecule has 1 heterocycles. The van der Waals surface area contributed by atoms with Crippen LogP contribution in [0.1, 0.15) is 43.2 Å². The topological polar surface area (TPSA) is 30.5 Å². The number of ether oxygens (including phenoxy) is 2. The lowest BCUT2D eigenvalue weighted by Crippen LogP contribution is -2.24. The average Bonchev–Trinajstić information content (AvgIpc) is 3.32. The molecule has 0 radical (unpaired) electrons. The normalized spacial score (nSPS) is 22.9. The van der Waals surface area contributed by atoms with Crippen molar-refractivity contribution in [2.75, 3.05) is 13.2 Å². The van der Waals surface area contributed by atoms with Crippen LogP contribution in [0.5, 0.6) is 0 Å². The molecule has 20 heavy (non-hydrogen) atoms. The summed E-state index contributed by atoms with van der Waals surface area (Å²) < 4.78 is 11.6. The molecule has 0 bridgehead atoms. The SMILES string of the molecule is c1ccc(COCC2CCCCO2)c(CNC2CC2)c1. The van der Waals surface area contributed by atoms with Crippen LogP contribution >= 0.6 is 0 Å². The van der Waals surface area contributed by atoms with Gasteiger partial charge in [0.15, 0.2) is 0 Å². The molecule has 1 aromatic rings. The van der Waals surface area contributed by atoms with Gasteiger partial charge in [-0.25, -0.2) is 0 Å². The molecule has 1 N–H and O–H groups in total. The lowest BCUT2D eigenvalue weighted by Gasteiger charge is -2.22. The molecule has 3 nitrogen and oxygen atoms in total. The van der Waals surface area contributed by atoms with Gasteiger partial charge in [0.2, 0.25) is 0 Å². The summed E-state index contributed by atoms with van der Waals surface area (Å²) in [5.74, 6) is 0. The molecule has 1 saturated carbocycles. The molecule has 110 valence electrons. The highest BCUT2D eigenvalue weighted by atomic mass is 16.5. The van der Waals surface area contributed by atoms with Gasteiger partial charge in [-0.15, -0.1) is 0 Å². The van der Waals surface area contributed by atoms with Crippen molar-refractivity contribution in [1.82, 2.24) is 5.32 Å². The summed E-state index contributed by atoms with van der Waals surface area (Å²) in [7, 11) is 0. The molecule has 1 unspecified atom stereocenters. The predicted molar refractivity (Wildman–Crippen MR) is 79.6 cm³/mol. The minimum absolute atomic E-state index is 0.306. The zero-order valence-electron chi connectivity index (χ0n) is 12.1. The Morgan fingerprint density at radius 3 is 2.70 bits per heavy atom. The van der Waals surface area contributed by atoms with Crippen LogP contribution in [0.15, 0.2) is 24.3 Å². The maximum Gasteiger partial charge on any atom is 0.0808 e.